The first-order valence-electron chi connectivity index (χ1n) is 6.54. The Kier molecular flexibility index (Phi) is 3.87. The highest BCUT2D eigenvalue weighted by Crippen LogP contribution is 2.22. The number of rotatable bonds is 5. The first-order valence-corrected chi connectivity index (χ1v) is 6.54. The molecule has 0 unspecified atom stereocenters. The predicted octanol–water partition coefficient (Wildman–Crippen LogP) is 0.850. The van der Waals surface area contributed by atoms with E-state index in [0.29, 0.717) is 18.4 Å². The van der Waals surface area contributed by atoms with Crippen molar-refractivity contribution in [3.05, 3.63) is 11.4 Å². The van der Waals surface area contributed by atoms with Gasteiger partial charge in [-0.15, -0.1) is 0 Å². The molecule has 2 N–H and O–H groups in total. The van der Waals surface area contributed by atoms with Crippen LogP contribution in [0.5, 0.6) is 0 Å². The van der Waals surface area contributed by atoms with Crippen molar-refractivity contribution in [2.45, 2.75) is 32.7 Å². The van der Waals surface area contributed by atoms with Crippen molar-refractivity contribution < 1.29 is 4.79 Å². The largest absolute Gasteiger partial charge is 0.373 e. The SMILES string of the molecule is CNc1nc(C)nc(N(C)CC(=O)NC2CC2)c1C. The van der Waals surface area contributed by atoms with Crippen molar-refractivity contribution in [1.29, 1.82) is 0 Å². The molecule has 19 heavy (non-hydrogen) atoms. The van der Waals surface area contributed by atoms with Gasteiger partial charge in [-0.25, -0.2) is 9.97 Å². The Balaban J connectivity index is 2.10. The van der Waals surface area contributed by atoms with Gasteiger partial charge in [-0.3, -0.25) is 4.79 Å². The molecule has 1 fully saturated rings. The zero-order valence-electron chi connectivity index (χ0n) is 11.9. The highest BCUT2D eigenvalue weighted by Gasteiger charge is 2.24. The highest BCUT2D eigenvalue weighted by molar-refractivity contribution is 5.82. The maximum atomic E-state index is 11.8. The van der Waals surface area contributed by atoms with Crippen molar-refractivity contribution in [2.24, 2.45) is 0 Å². The fourth-order valence-electron chi connectivity index (χ4n) is 2.02. The predicted molar refractivity (Wildman–Crippen MR) is 75.5 cm³/mol. The summed E-state index contributed by atoms with van der Waals surface area (Å²) in [6.07, 6.45) is 2.20. The maximum absolute atomic E-state index is 11.8. The molecule has 0 spiro atoms. The second-order valence-corrected chi connectivity index (χ2v) is 5.02. The molecule has 1 amide bonds. The minimum absolute atomic E-state index is 0.0478. The van der Waals surface area contributed by atoms with Crippen LogP contribution in [0.25, 0.3) is 0 Å². The molecule has 6 nitrogen and oxygen atoms in total. The molecule has 1 aromatic rings. The summed E-state index contributed by atoms with van der Waals surface area (Å²) in [5.41, 5.74) is 0.954. The number of aromatic nitrogens is 2. The highest BCUT2D eigenvalue weighted by atomic mass is 16.2. The van der Waals surface area contributed by atoms with Gasteiger partial charge in [0.2, 0.25) is 5.91 Å². The number of nitrogens with zero attached hydrogens (tertiary/aromatic N) is 3. The van der Waals surface area contributed by atoms with E-state index in [9.17, 15) is 4.79 Å². The number of aryl methyl sites for hydroxylation is 1. The molecule has 1 saturated carbocycles. The number of anilines is 2. The molecular weight excluding hydrogens is 242 g/mol. The van der Waals surface area contributed by atoms with Gasteiger partial charge in [0, 0.05) is 25.7 Å². The second-order valence-electron chi connectivity index (χ2n) is 5.02. The molecule has 1 heterocycles. The van der Waals surface area contributed by atoms with E-state index in [1.807, 2.05) is 32.8 Å². The zero-order chi connectivity index (χ0) is 14.0. The van der Waals surface area contributed by atoms with Crippen molar-refractivity contribution in [1.82, 2.24) is 15.3 Å². The number of hydrogen-bond acceptors (Lipinski definition) is 5. The Morgan fingerprint density at radius 3 is 2.63 bits per heavy atom. The molecule has 6 heteroatoms. The summed E-state index contributed by atoms with van der Waals surface area (Å²) in [5, 5.41) is 6.03. The summed E-state index contributed by atoms with van der Waals surface area (Å²) in [5.74, 6) is 2.34. The Hall–Kier alpha value is -1.85. The molecule has 1 aromatic heterocycles. The summed E-state index contributed by atoms with van der Waals surface area (Å²) >= 11 is 0. The van der Waals surface area contributed by atoms with E-state index in [2.05, 4.69) is 20.6 Å². The average molecular weight is 263 g/mol. The van der Waals surface area contributed by atoms with Crippen molar-refractivity contribution >= 4 is 17.5 Å². The number of likely N-dealkylation sites (N-methyl/N-ethyl adjacent to an activating group) is 1. The Morgan fingerprint density at radius 1 is 1.37 bits per heavy atom. The first-order chi connectivity index (χ1) is 9.01. The van der Waals surface area contributed by atoms with E-state index in [0.717, 1.165) is 30.0 Å². The summed E-state index contributed by atoms with van der Waals surface area (Å²) < 4.78 is 0. The van der Waals surface area contributed by atoms with Gasteiger partial charge in [0.05, 0.1) is 6.54 Å². The monoisotopic (exact) mass is 263 g/mol. The lowest BCUT2D eigenvalue weighted by Gasteiger charge is -2.21. The van der Waals surface area contributed by atoms with Gasteiger partial charge in [0.25, 0.3) is 0 Å². The van der Waals surface area contributed by atoms with E-state index >= 15 is 0 Å². The van der Waals surface area contributed by atoms with Gasteiger partial charge in [-0.05, 0) is 26.7 Å². The third kappa shape index (κ3) is 3.33. The minimum atomic E-state index is 0.0478. The quantitative estimate of drug-likeness (QED) is 0.824. The number of carbonyl (C=O) groups excluding carboxylic acids is 1. The van der Waals surface area contributed by atoms with Crippen molar-refractivity contribution in [2.75, 3.05) is 30.9 Å². The lowest BCUT2D eigenvalue weighted by atomic mass is 10.3. The lowest BCUT2D eigenvalue weighted by molar-refractivity contribution is -0.119. The van der Waals surface area contributed by atoms with Crippen LogP contribution in [-0.4, -0.2) is 42.6 Å². The van der Waals surface area contributed by atoms with Crippen LogP contribution in [0.3, 0.4) is 0 Å². The second kappa shape index (κ2) is 5.42. The van der Waals surface area contributed by atoms with Crippen LogP contribution in [0.1, 0.15) is 24.2 Å². The number of amides is 1. The molecule has 1 aliphatic carbocycles. The topological polar surface area (TPSA) is 70.2 Å². The molecule has 0 atom stereocenters. The van der Waals surface area contributed by atoms with Gasteiger partial charge < -0.3 is 15.5 Å². The lowest BCUT2D eigenvalue weighted by Crippen LogP contribution is -2.37. The maximum Gasteiger partial charge on any atom is 0.239 e. The smallest absolute Gasteiger partial charge is 0.239 e. The van der Waals surface area contributed by atoms with Crippen LogP contribution in [0, 0.1) is 13.8 Å². The normalized spacial score (nSPS) is 14.1. The summed E-state index contributed by atoms with van der Waals surface area (Å²) in [4.78, 5) is 22.4. The summed E-state index contributed by atoms with van der Waals surface area (Å²) in [6.45, 7) is 4.12. The van der Waals surface area contributed by atoms with E-state index in [1.54, 1.807) is 0 Å². The van der Waals surface area contributed by atoms with Crippen molar-refractivity contribution in [3.8, 4) is 0 Å². The standard InChI is InChI=1S/C13H21N5O/c1-8-12(14-3)15-9(2)16-13(8)18(4)7-11(19)17-10-5-6-10/h10H,5-7H2,1-4H3,(H,17,19)(H,14,15,16). The third-order valence-corrected chi connectivity index (χ3v) is 3.15. The molecule has 0 aromatic carbocycles. The van der Waals surface area contributed by atoms with Crippen molar-refractivity contribution in [3.63, 3.8) is 0 Å². The fraction of sp³-hybridized carbons (Fsp3) is 0.615. The Morgan fingerprint density at radius 2 is 2.05 bits per heavy atom. The Bertz CT molecular complexity index is 484. The minimum Gasteiger partial charge on any atom is -0.373 e. The molecule has 0 bridgehead atoms. The first kappa shape index (κ1) is 13.6. The third-order valence-electron chi connectivity index (χ3n) is 3.15. The molecule has 0 saturated heterocycles. The average Bonchev–Trinajstić information content (AvgIpc) is 3.15. The molecule has 2 rings (SSSR count). The van der Waals surface area contributed by atoms with Gasteiger partial charge in [0.15, 0.2) is 0 Å². The Labute approximate surface area is 113 Å². The van der Waals surface area contributed by atoms with Crippen LogP contribution in [0.4, 0.5) is 11.6 Å². The van der Waals surface area contributed by atoms with E-state index in [-0.39, 0.29) is 5.91 Å². The van der Waals surface area contributed by atoms with Gasteiger partial charge >= 0.3 is 0 Å². The number of hydrogen-bond donors (Lipinski definition) is 2. The molecule has 1 aliphatic rings. The van der Waals surface area contributed by atoms with Gasteiger partial charge in [-0.1, -0.05) is 0 Å². The number of carbonyl (C=O) groups is 1. The van der Waals surface area contributed by atoms with Crippen LogP contribution in [0.15, 0.2) is 0 Å². The van der Waals surface area contributed by atoms with E-state index in [4.69, 9.17) is 0 Å². The summed E-state index contributed by atoms with van der Waals surface area (Å²) in [7, 11) is 3.71. The van der Waals surface area contributed by atoms with Crippen LogP contribution >= 0.6 is 0 Å². The molecule has 0 radical (unpaired) electrons. The van der Waals surface area contributed by atoms with Gasteiger partial charge in [0.1, 0.15) is 17.5 Å². The van der Waals surface area contributed by atoms with E-state index < -0.39 is 0 Å². The fourth-order valence-corrected chi connectivity index (χ4v) is 2.02. The van der Waals surface area contributed by atoms with Crippen LogP contribution in [-0.2, 0) is 4.79 Å². The number of nitrogens with one attached hydrogen (secondary N) is 2. The van der Waals surface area contributed by atoms with Crippen LogP contribution < -0.4 is 15.5 Å². The molecule has 104 valence electrons. The van der Waals surface area contributed by atoms with Crippen LogP contribution in [0.2, 0.25) is 0 Å². The van der Waals surface area contributed by atoms with Gasteiger partial charge in [-0.2, -0.15) is 0 Å². The zero-order valence-corrected chi connectivity index (χ0v) is 11.9. The molecular formula is C13H21N5O. The summed E-state index contributed by atoms with van der Waals surface area (Å²) in [6, 6.07) is 0.391. The van der Waals surface area contributed by atoms with E-state index in [1.165, 1.54) is 0 Å². The molecule has 0 aliphatic heterocycles.